The molecule has 1 N–H and O–H groups in total. The van der Waals surface area contributed by atoms with Crippen LogP contribution in [-0.4, -0.2) is 11.7 Å². The molecule has 1 nitrogen and oxygen atoms in total. The van der Waals surface area contributed by atoms with Gasteiger partial charge in [0.05, 0.1) is 6.61 Å². The van der Waals surface area contributed by atoms with Crippen molar-refractivity contribution < 1.29 is 5.11 Å². The van der Waals surface area contributed by atoms with Gasteiger partial charge < -0.3 is 5.11 Å². The molecule has 0 aliphatic heterocycles. The topological polar surface area (TPSA) is 20.2 Å². The normalized spacial score (nSPS) is 8.33. The first-order valence-electron chi connectivity index (χ1n) is 3.32. The summed E-state index contributed by atoms with van der Waals surface area (Å²) in [5.41, 5.74) is 3.88. The second kappa shape index (κ2) is 5.61. The van der Waals surface area contributed by atoms with E-state index in [1.165, 1.54) is 0 Å². The maximum Gasteiger partial charge on any atom is 0.0712 e. The quantitative estimate of drug-likeness (QED) is 0.572. The predicted molar refractivity (Wildman–Crippen MR) is 39.3 cm³/mol. The summed E-state index contributed by atoms with van der Waals surface area (Å²) in [6, 6.07) is 0. The zero-order valence-corrected chi connectivity index (χ0v) is 6.15. The van der Waals surface area contributed by atoms with E-state index in [1.54, 1.807) is 0 Å². The molecule has 0 aromatic rings. The number of aliphatic hydroxyl groups excluding tert-OH is 1. The van der Waals surface area contributed by atoms with Gasteiger partial charge in [0.25, 0.3) is 0 Å². The highest BCUT2D eigenvalue weighted by atomic mass is 16.3. The van der Waals surface area contributed by atoms with Gasteiger partial charge in [-0.1, -0.05) is 13.3 Å². The van der Waals surface area contributed by atoms with Gasteiger partial charge in [-0.3, -0.25) is 0 Å². The summed E-state index contributed by atoms with van der Waals surface area (Å²) < 4.78 is 0. The van der Waals surface area contributed by atoms with E-state index in [9.17, 15) is 0 Å². The molecule has 0 aliphatic carbocycles. The molecule has 0 unspecified atom stereocenters. The van der Waals surface area contributed by atoms with Crippen LogP contribution >= 0.6 is 0 Å². The van der Waals surface area contributed by atoms with Gasteiger partial charge in [-0.25, -0.2) is 0 Å². The Hall–Kier alpha value is -0.520. The van der Waals surface area contributed by atoms with Crippen LogP contribution in [0.5, 0.6) is 0 Å². The zero-order chi connectivity index (χ0) is 7.11. The van der Waals surface area contributed by atoms with E-state index < -0.39 is 0 Å². The van der Waals surface area contributed by atoms with Crippen molar-refractivity contribution in [1.82, 2.24) is 0 Å². The third-order valence-electron chi connectivity index (χ3n) is 1.02. The molecular weight excluding hydrogens is 112 g/mol. The smallest absolute Gasteiger partial charge is 0.0712 e. The maximum absolute atomic E-state index is 8.51. The lowest BCUT2D eigenvalue weighted by molar-refractivity contribution is 0.331. The van der Waals surface area contributed by atoms with Gasteiger partial charge in [0, 0.05) is 0 Å². The minimum Gasteiger partial charge on any atom is -0.391 e. The number of rotatable bonds is 3. The fraction of sp³-hybridized carbons (Fsp3) is 0.625. The predicted octanol–water partition coefficient (Wildman–Crippen LogP) is 1.88. The van der Waals surface area contributed by atoms with E-state index in [2.05, 4.69) is 12.7 Å². The molecule has 0 radical (unpaired) electrons. The van der Waals surface area contributed by atoms with Crippen LogP contribution in [0.2, 0.25) is 0 Å². The van der Waals surface area contributed by atoms with Crippen LogP contribution in [0.1, 0.15) is 26.7 Å². The van der Waals surface area contributed by atoms with E-state index in [0.717, 1.165) is 18.4 Å². The first-order valence-corrected chi connectivity index (χ1v) is 3.32. The number of hydrogen-bond donors (Lipinski definition) is 1. The van der Waals surface area contributed by atoms with E-state index in [-0.39, 0.29) is 6.61 Å². The Bertz CT molecular complexity index is 119. The summed E-state index contributed by atoms with van der Waals surface area (Å²) in [4.78, 5) is 0. The van der Waals surface area contributed by atoms with Crippen LogP contribution in [0.3, 0.4) is 0 Å². The van der Waals surface area contributed by atoms with Gasteiger partial charge in [0.2, 0.25) is 0 Å². The lowest BCUT2D eigenvalue weighted by Crippen LogP contribution is -1.79. The van der Waals surface area contributed by atoms with Crippen molar-refractivity contribution in [3.05, 3.63) is 17.4 Å². The molecule has 0 aromatic carbocycles. The molecule has 0 saturated carbocycles. The molecule has 0 amide bonds. The highest BCUT2D eigenvalue weighted by Gasteiger charge is 1.77. The van der Waals surface area contributed by atoms with Gasteiger partial charge in [0.15, 0.2) is 0 Å². The highest BCUT2D eigenvalue weighted by molar-refractivity contribution is 4.97. The molecule has 52 valence electrons. The Labute approximate surface area is 56.7 Å². The Balaban J connectivity index is 3.62. The van der Waals surface area contributed by atoms with Crippen LogP contribution in [0.25, 0.3) is 0 Å². The Morgan fingerprint density at radius 1 is 1.67 bits per heavy atom. The van der Waals surface area contributed by atoms with E-state index >= 15 is 0 Å². The zero-order valence-electron chi connectivity index (χ0n) is 6.15. The molecule has 0 bridgehead atoms. The molecular formula is C8H14O. The SMILES string of the molecule is CCCC=C=C(C)CO. The lowest BCUT2D eigenvalue weighted by Gasteiger charge is -1.84. The van der Waals surface area contributed by atoms with Crippen LogP contribution < -0.4 is 0 Å². The molecule has 1 heteroatoms. The molecule has 0 atom stereocenters. The van der Waals surface area contributed by atoms with Gasteiger partial charge in [0.1, 0.15) is 0 Å². The molecule has 0 fully saturated rings. The van der Waals surface area contributed by atoms with Gasteiger partial charge >= 0.3 is 0 Å². The van der Waals surface area contributed by atoms with Crippen LogP contribution in [0.4, 0.5) is 0 Å². The van der Waals surface area contributed by atoms with Crippen molar-refractivity contribution in [2.75, 3.05) is 6.61 Å². The van der Waals surface area contributed by atoms with Crippen molar-refractivity contribution in [3.63, 3.8) is 0 Å². The monoisotopic (exact) mass is 126 g/mol. The molecule has 0 rings (SSSR count). The van der Waals surface area contributed by atoms with E-state index in [4.69, 9.17) is 5.11 Å². The van der Waals surface area contributed by atoms with Crippen molar-refractivity contribution in [2.24, 2.45) is 0 Å². The number of unbranched alkanes of at least 4 members (excludes halogenated alkanes) is 1. The summed E-state index contributed by atoms with van der Waals surface area (Å²) in [5.74, 6) is 0. The second-order valence-corrected chi connectivity index (χ2v) is 2.08. The Morgan fingerprint density at radius 3 is 2.78 bits per heavy atom. The molecule has 0 aromatic heterocycles. The second-order valence-electron chi connectivity index (χ2n) is 2.08. The van der Waals surface area contributed by atoms with E-state index in [1.807, 2.05) is 13.0 Å². The fourth-order valence-corrected chi connectivity index (χ4v) is 0.436. The van der Waals surface area contributed by atoms with Crippen molar-refractivity contribution >= 4 is 0 Å². The summed E-state index contributed by atoms with van der Waals surface area (Å²) in [7, 11) is 0. The van der Waals surface area contributed by atoms with E-state index in [0.29, 0.717) is 0 Å². The molecule has 9 heavy (non-hydrogen) atoms. The lowest BCUT2D eigenvalue weighted by atomic mass is 10.3. The van der Waals surface area contributed by atoms with Gasteiger partial charge in [-0.15, -0.1) is 5.73 Å². The average molecular weight is 126 g/mol. The summed E-state index contributed by atoms with van der Waals surface area (Å²) >= 11 is 0. The fourth-order valence-electron chi connectivity index (χ4n) is 0.436. The molecule has 0 heterocycles. The first kappa shape index (κ1) is 8.48. The Kier molecular flexibility index (Phi) is 5.29. The van der Waals surface area contributed by atoms with Gasteiger partial charge in [-0.2, -0.15) is 0 Å². The number of aliphatic hydroxyl groups is 1. The third kappa shape index (κ3) is 5.35. The molecule has 0 aliphatic rings. The first-order chi connectivity index (χ1) is 4.31. The van der Waals surface area contributed by atoms with Crippen LogP contribution in [0.15, 0.2) is 17.4 Å². The third-order valence-corrected chi connectivity index (χ3v) is 1.02. The molecule has 0 spiro atoms. The standard InChI is InChI=1S/C8H14O/c1-3-4-5-6-8(2)7-9/h5,9H,3-4,7H2,1-2H3. The highest BCUT2D eigenvalue weighted by Crippen LogP contribution is 1.89. The van der Waals surface area contributed by atoms with Crippen LogP contribution in [-0.2, 0) is 0 Å². The molecule has 0 saturated heterocycles. The minimum absolute atomic E-state index is 0.125. The summed E-state index contributed by atoms with van der Waals surface area (Å²) in [6.07, 6.45) is 4.16. The largest absolute Gasteiger partial charge is 0.391 e. The summed E-state index contributed by atoms with van der Waals surface area (Å²) in [6.45, 7) is 4.11. The van der Waals surface area contributed by atoms with Gasteiger partial charge in [-0.05, 0) is 25.0 Å². The maximum atomic E-state index is 8.51. The van der Waals surface area contributed by atoms with Crippen molar-refractivity contribution in [1.29, 1.82) is 0 Å². The Morgan fingerprint density at radius 2 is 2.33 bits per heavy atom. The van der Waals surface area contributed by atoms with Crippen molar-refractivity contribution in [2.45, 2.75) is 26.7 Å². The summed E-state index contributed by atoms with van der Waals surface area (Å²) in [5, 5.41) is 8.51. The van der Waals surface area contributed by atoms with Crippen LogP contribution in [0, 0.1) is 0 Å². The number of hydrogen-bond acceptors (Lipinski definition) is 1. The minimum atomic E-state index is 0.125. The average Bonchev–Trinajstić information content (AvgIpc) is 1.89. The van der Waals surface area contributed by atoms with Crippen molar-refractivity contribution in [3.8, 4) is 0 Å².